The molecule has 0 spiro atoms. The highest BCUT2D eigenvalue weighted by atomic mass is 14.4. The molecule has 0 aliphatic heterocycles. The molecule has 0 amide bonds. The van der Waals surface area contributed by atoms with Gasteiger partial charge in [-0.1, -0.05) is 54.9 Å². The first-order valence-electron chi connectivity index (χ1n) is 8.27. The van der Waals surface area contributed by atoms with Crippen LogP contribution in [0.25, 0.3) is 0 Å². The van der Waals surface area contributed by atoms with Crippen molar-refractivity contribution in [2.75, 3.05) is 0 Å². The van der Waals surface area contributed by atoms with Gasteiger partial charge in [0.15, 0.2) is 0 Å². The molecule has 0 heteroatoms. The van der Waals surface area contributed by atoms with Gasteiger partial charge in [0.2, 0.25) is 0 Å². The van der Waals surface area contributed by atoms with E-state index in [9.17, 15) is 0 Å². The van der Waals surface area contributed by atoms with E-state index in [2.05, 4.69) is 60.3 Å². The molecule has 1 aliphatic carbocycles. The van der Waals surface area contributed by atoms with E-state index in [1.54, 1.807) is 0 Å². The van der Waals surface area contributed by atoms with Crippen LogP contribution in [-0.4, -0.2) is 0 Å². The lowest BCUT2D eigenvalue weighted by Gasteiger charge is -2.18. The van der Waals surface area contributed by atoms with Crippen molar-refractivity contribution in [1.82, 2.24) is 0 Å². The summed E-state index contributed by atoms with van der Waals surface area (Å²) in [6.07, 6.45) is 4.21. The summed E-state index contributed by atoms with van der Waals surface area (Å²) < 4.78 is 0. The van der Waals surface area contributed by atoms with E-state index in [1.165, 1.54) is 19.3 Å². The Balaban J connectivity index is 0.000000362. The molecule has 2 unspecified atom stereocenters. The van der Waals surface area contributed by atoms with E-state index in [0.717, 1.165) is 29.6 Å². The summed E-state index contributed by atoms with van der Waals surface area (Å²) in [6.45, 7) is 17.9. The Bertz CT molecular complexity index is 264. The highest BCUT2D eigenvalue weighted by Gasteiger charge is 2.32. The molecular weight excluding hydrogens is 228 g/mol. The van der Waals surface area contributed by atoms with Crippen LogP contribution in [0.3, 0.4) is 0 Å². The van der Waals surface area contributed by atoms with Crippen LogP contribution in [0, 0.1) is 47.3 Å². The number of rotatable bonds is 5. The largest absolute Gasteiger partial charge is 0.106 e. The number of hydrogen-bond donors (Lipinski definition) is 0. The van der Waals surface area contributed by atoms with Gasteiger partial charge in [0, 0.05) is 5.92 Å². The average molecular weight is 264 g/mol. The van der Waals surface area contributed by atoms with Gasteiger partial charge in [0.1, 0.15) is 0 Å². The minimum atomic E-state index is 0.623. The second kappa shape index (κ2) is 9.46. The molecule has 2 atom stereocenters. The van der Waals surface area contributed by atoms with Gasteiger partial charge in [-0.25, -0.2) is 0 Å². The van der Waals surface area contributed by atoms with Gasteiger partial charge >= 0.3 is 0 Å². The van der Waals surface area contributed by atoms with Crippen LogP contribution in [0.5, 0.6) is 0 Å². The number of hydrogen-bond acceptors (Lipinski definition) is 0. The SMILES string of the molecule is CC#CC(C)C(CC)C1CC1.CC(C)C(C)C(C)C. The van der Waals surface area contributed by atoms with Crippen molar-refractivity contribution in [1.29, 1.82) is 0 Å². The smallest absolute Gasteiger partial charge is 0.0205 e. The van der Waals surface area contributed by atoms with Gasteiger partial charge in [-0.3, -0.25) is 0 Å². The zero-order chi connectivity index (χ0) is 15.0. The molecule has 1 aliphatic rings. The van der Waals surface area contributed by atoms with Crippen LogP contribution >= 0.6 is 0 Å². The molecule has 0 aromatic carbocycles. The van der Waals surface area contributed by atoms with E-state index < -0.39 is 0 Å². The normalized spacial score (nSPS) is 17.6. The predicted molar refractivity (Wildman–Crippen MR) is 88.0 cm³/mol. The van der Waals surface area contributed by atoms with Gasteiger partial charge < -0.3 is 0 Å². The van der Waals surface area contributed by atoms with Crippen molar-refractivity contribution in [2.45, 2.75) is 74.7 Å². The fraction of sp³-hybridized carbons (Fsp3) is 0.895. The van der Waals surface area contributed by atoms with Crippen molar-refractivity contribution in [3.8, 4) is 11.8 Å². The lowest BCUT2D eigenvalue weighted by molar-refractivity contribution is 0.316. The molecule has 0 heterocycles. The Morgan fingerprint density at radius 1 is 0.947 bits per heavy atom. The lowest BCUT2D eigenvalue weighted by Crippen LogP contribution is -2.10. The summed E-state index contributed by atoms with van der Waals surface area (Å²) in [5, 5.41) is 0. The average Bonchev–Trinajstić information content (AvgIpc) is 3.14. The van der Waals surface area contributed by atoms with Gasteiger partial charge in [-0.15, -0.1) is 11.8 Å². The summed E-state index contributed by atoms with van der Waals surface area (Å²) in [5.41, 5.74) is 0. The summed E-state index contributed by atoms with van der Waals surface area (Å²) >= 11 is 0. The first kappa shape index (κ1) is 18.6. The Labute approximate surface area is 122 Å². The van der Waals surface area contributed by atoms with E-state index >= 15 is 0 Å². The third-order valence-corrected chi connectivity index (χ3v) is 4.82. The molecule has 0 aromatic heterocycles. The second-order valence-electron chi connectivity index (χ2n) is 6.94. The molecule has 112 valence electrons. The first-order valence-corrected chi connectivity index (χ1v) is 8.27. The highest BCUT2D eigenvalue weighted by Crippen LogP contribution is 2.41. The third kappa shape index (κ3) is 7.66. The molecule has 0 N–H and O–H groups in total. The van der Waals surface area contributed by atoms with Crippen LogP contribution in [0.4, 0.5) is 0 Å². The Morgan fingerprint density at radius 2 is 1.42 bits per heavy atom. The maximum Gasteiger partial charge on any atom is 0.0205 e. The second-order valence-corrected chi connectivity index (χ2v) is 6.94. The van der Waals surface area contributed by atoms with Gasteiger partial charge in [-0.05, 0) is 49.4 Å². The van der Waals surface area contributed by atoms with Crippen molar-refractivity contribution < 1.29 is 0 Å². The fourth-order valence-corrected chi connectivity index (χ4v) is 2.72. The van der Waals surface area contributed by atoms with Crippen molar-refractivity contribution in [3.63, 3.8) is 0 Å². The monoisotopic (exact) mass is 264 g/mol. The summed E-state index contributed by atoms with van der Waals surface area (Å²) in [5.74, 6) is 11.3. The summed E-state index contributed by atoms with van der Waals surface area (Å²) in [7, 11) is 0. The maximum absolute atomic E-state index is 3.27. The predicted octanol–water partition coefficient (Wildman–Crippen LogP) is 6.02. The van der Waals surface area contributed by atoms with Crippen molar-refractivity contribution in [2.24, 2.45) is 35.5 Å². The van der Waals surface area contributed by atoms with E-state index in [0.29, 0.717) is 5.92 Å². The van der Waals surface area contributed by atoms with Crippen LogP contribution < -0.4 is 0 Å². The molecule has 0 saturated heterocycles. The van der Waals surface area contributed by atoms with Gasteiger partial charge in [0.05, 0.1) is 0 Å². The van der Waals surface area contributed by atoms with Crippen molar-refractivity contribution >= 4 is 0 Å². The zero-order valence-corrected chi connectivity index (χ0v) is 14.6. The molecular formula is C19H36. The van der Waals surface area contributed by atoms with Crippen molar-refractivity contribution in [3.05, 3.63) is 0 Å². The summed E-state index contributed by atoms with van der Waals surface area (Å²) in [6, 6.07) is 0. The minimum Gasteiger partial charge on any atom is -0.106 e. The van der Waals surface area contributed by atoms with Crippen LogP contribution in [0.15, 0.2) is 0 Å². The maximum atomic E-state index is 3.27. The van der Waals surface area contributed by atoms with Gasteiger partial charge in [0.25, 0.3) is 0 Å². The van der Waals surface area contributed by atoms with E-state index in [4.69, 9.17) is 0 Å². The molecule has 1 fully saturated rings. The third-order valence-electron chi connectivity index (χ3n) is 4.82. The molecule has 19 heavy (non-hydrogen) atoms. The Hall–Kier alpha value is -0.440. The first-order chi connectivity index (χ1) is 8.84. The molecule has 0 radical (unpaired) electrons. The topological polar surface area (TPSA) is 0 Å². The molecule has 1 saturated carbocycles. The standard InChI is InChI=1S/C11H18.C8H18/c1-4-6-9(3)11(5-2)10-7-8-10;1-6(2)8(5)7(3)4/h9-11H,5,7-8H2,1-3H3;6-8H,1-5H3. The van der Waals surface area contributed by atoms with Crippen LogP contribution in [0.2, 0.25) is 0 Å². The minimum absolute atomic E-state index is 0.623. The van der Waals surface area contributed by atoms with Crippen LogP contribution in [0.1, 0.15) is 74.7 Å². The lowest BCUT2D eigenvalue weighted by atomic mass is 9.88. The summed E-state index contributed by atoms with van der Waals surface area (Å²) in [4.78, 5) is 0. The van der Waals surface area contributed by atoms with Gasteiger partial charge in [-0.2, -0.15) is 0 Å². The Morgan fingerprint density at radius 3 is 1.63 bits per heavy atom. The molecule has 0 bridgehead atoms. The highest BCUT2D eigenvalue weighted by molar-refractivity contribution is 5.03. The Kier molecular flexibility index (Phi) is 9.24. The molecule has 1 rings (SSSR count). The van der Waals surface area contributed by atoms with E-state index in [-0.39, 0.29) is 0 Å². The van der Waals surface area contributed by atoms with E-state index in [1.807, 2.05) is 6.92 Å². The zero-order valence-electron chi connectivity index (χ0n) is 14.6. The molecule has 0 aromatic rings. The van der Waals surface area contributed by atoms with Crippen LogP contribution in [-0.2, 0) is 0 Å². The quantitative estimate of drug-likeness (QED) is 0.533. The fourth-order valence-electron chi connectivity index (χ4n) is 2.72. The molecule has 0 nitrogen and oxygen atoms in total.